The summed E-state index contributed by atoms with van der Waals surface area (Å²) in [6.07, 6.45) is 2.23. The highest BCUT2D eigenvalue weighted by atomic mass is 35.5. The zero-order chi connectivity index (χ0) is 8.43. The van der Waals surface area contributed by atoms with Crippen molar-refractivity contribution in [2.45, 2.75) is 18.4 Å². The Balaban J connectivity index is 2.56. The van der Waals surface area contributed by atoms with E-state index < -0.39 is 17.5 Å². The van der Waals surface area contributed by atoms with Gasteiger partial charge in [-0.05, 0) is 12.2 Å². The molecule has 1 aliphatic carbocycles. The van der Waals surface area contributed by atoms with Crippen LogP contribution in [0, 0.1) is 0 Å². The lowest BCUT2D eigenvalue weighted by molar-refractivity contribution is -0.144. The first-order valence-corrected chi connectivity index (χ1v) is 3.58. The molecule has 1 rings (SSSR count). The van der Waals surface area contributed by atoms with Gasteiger partial charge in [-0.2, -0.15) is 0 Å². The zero-order valence-corrected chi connectivity index (χ0v) is 6.67. The molecule has 0 radical (unpaired) electrons. The number of allylic oxidation sites excluding steroid dienone is 1. The van der Waals surface area contributed by atoms with E-state index in [0.717, 1.165) is 0 Å². The smallest absolute Gasteiger partial charge is 0.303 e. The molecule has 2 atom stereocenters. The lowest BCUT2D eigenvalue weighted by Crippen LogP contribution is -2.25. The summed E-state index contributed by atoms with van der Waals surface area (Å²) in [5.74, 6) is -0.641. The van der Waals surface area contributed by atoms with Gasteiger partial charge in [-0.15, -0.1) is 11.6 Å². The first kappa shape index (κ1) is 8.27. The van der Waals surface area contributed by atoms with Crippen LogP contribution in [0.4, 0.5) is 0 Å². The van der Waals surface area contributed by atoms with E-state index in [-0.39, 0.29) is 5.78 Å². The van der Waals surface area contributed by atoms with Crippen LogP contribution in [0.1, 0.15) is 6.92 Å². The highest BCUT2D eigenvalue weighted by Gasteiger charge is 2.30. The second-order valence-electron chi connectivity index (χ2n) is 2.24. The van der Waals surface area contributed by atoms with E-state index in [1.165, 1.54) is 19.1 Å². The van der Waals surface area contributed by atoms with Gasteiger partial charge in [-0.3, -0.25) is 9.59 Å². The third-order valence-corrected chi connectivity index (χ3v) is 1.78. The molecule has 3 nitrogen and oxygen atoms in total. The fourth-order valence-electron chi connectivity index (χ4n) is 0.832. The van der Waals surface area contributed by atoms with Gasteiger partial charge in [0.1, 0.15) is 11.5 Å². The Labute approximate surface area is 69.0 Å². The Bertz CT molecular complexity index is 222. The van der Waals surface area contributed by atoms with Crippen molar-refractivity contribution in [1.82, 2.24) is 0 Å². The summed E-state index contributed by atoms with van der Waals surface area (Å²) in [6.45, 7) is 1.28. The van der Waals surface area contributed by atoms with Crippen LogP contribution in [-0.4, -0.2) is 23.2 Å². The molecule has 0 saturated heterocycles. The number of hydrogen-bond acceptors (Lipinski definition) is 3. The molecule has 0 aliphatic heterocycles. The Morgan fingerprint density at radius 1 is 1.73 bits per heavy atom. The molecule has 0 spiro atoms. The van der Waals surface area contributed by atoms with Crippen molar-refractivity contribution in [3.8, 4) is 0 Å². The summed E-state index contributed by atoms with van der Waals surface area (Å²) in [7, 11) is 0. The quantitative estimate of drug-likeness (QED) is 0.434. The average Bonchev–Trinajstić information content (AvgIpc) is 2.18. The SMILES string of the molecule is CC(=O)OC1C=CC(=O)C1Cl. The summed E-state index contributed by atoms with van der Waals surface area (Å²) in [5.41, 5.74) is 0. The number of rotatable bonds is 1. The maximum absolute atomic E-state index is 10.8. The molecule has 0 N–H and O–H groups in total. The van der Waals surface area contributed by atoms with E-state index >= 15 is 0 Å². The highest BCUT2D eigenvalue weighted by Crippen LogP contribution is 2.17. The average molecular weight is 175 g/mol. The van der Waals surface area contributed by atoms with Crippen molar-refractivity contribution >= 4 is 23.4 Å². The van der Waals surface area contributed by atoms with Crippen molar-refractivity contribution in [3.63, 3.8) is 0 Å². The number of alkyl halides is 1. The number of esters is 1. The van der Waals surface area contributed by atoms with Crippen LogP contribution in [0.15, 0.2) is 12.2 Å². The molecule has 60 valence electrons. The Hall–Kier alpha value is -0.830. The van der Waals surface area contributed by atoms with E-state index in [4.69, 9.17) is 16.3 Å². The summed E-state index contributed by atoms with van der Waals surface area (Å²) in [4.78, 5) is 21.2. The molecule has 0 aromatic rings. The molecular formula is C7H7ClO3. The predicted molar refractivity (Wildman–Crippen MR) is 39.3 cm³/mol. The standard InChI is InChI=1S/C7H7ClO3/c1-4(9)11-6-3-2-5(10)7(6)8/h2-3,6-7H,1H3. The molecule has 0 aromatic carbocycles. The number of halogens is 1. The minimum Gasteiger partial charge on any atom is -0.456 e. The Morgan fingerprint density at radius 3 is 2.73 bits per heavy atom. The Morgan fingerprint density at radius 2 is 2.36 bits per heavy atom. The highest BCUT2D eigenvalue weighted by molar-refractivity contribution is 6.34. The number of ketones is 1. The van der Waals surface area contributed by atoms with Crippen molar-refractivity contribution in [2.75, 3.05) is 0 Å². The molecule has 2 unspecified atom stereocenters. The van der Waals surface area contributed by atoms with Gasteiger partial charge in [0.05, 0.1) is 0 Å². The molecule has 1 aliphatic rings. The second kappa shape index (κ2) is 3.05. The zero-order valence-electron chi connectivity index (χ0n) is 5.91. The third kappa shape index (κ3) is 1.80. The summed E-state index contributed by atoms with van der Waals surface area (Å²) >= 11 is 5.58. The first-order valence-electron chi connectivity index (χ1n) is 3.14. The van der Waals surface area contributed by atoms with Crippen LogP contribution in [0.3, 0.4) is 0 Å². The Kier molecular flexibility index (Phi) is 2.29. The topological polar surface area (TPSA) is 43.4 Å². The largest absolute Gasteiger partial charge is 0.456 e. The van der Waals surface area contributed by atoms with Gasteiger partial charge in [0.15, 0.2) is 5.78 Å². The molecule has 11 heavy (non-hydrogen) atoms. The van der Waals surface area contributed by atoms with Gasteiger partial charge in [0.25, 0.3) is 0 Å². The van der Waals surface area contributed by atoms with E-state index in [9.17, 15) is 9.59 Å². The summed E-state index contributed by atoms with van der Waals surface area (Å²) in [6, 6.07) is 0. The van der Waals surface area contributed by atoms with Crippen molar-refractivity contribution in [3.05, 3.63) is 12.2 Å². The van der Waals surface area contributed by atoms with E-state index in [2.05, 4.69) is 0 Å². The third-order valence-electron chi connectivity index (χ3n) is 1.31. The van der Waals surface area contributed by atoms with Gasteiger partial charge in [0, 0.05) is 6.92 Å². The van der Waals surface area contributed by atoms with Crippen LogP contribution in [0.25, 0.3) is 0 Å². The van der Waals surface area contributed by atoms with Crippen LogP contribution < -0.4 is 0 Å². The first-order chi connectivity index (χ1) is 5.11. The molecular weight excluding hydrogens is 168 g/mol. The van der Waals surface area contributed by atoms with Gasteiger partial charge < -0.3 is 4.74 Å². The molecule has 0 saturated carbocycles. The van der Waals surface area contributed by atoms with E-state index in [1.54, 1.807) is 0 Å². The molecule has 0 amide bonds. The van der Waals surface area contributed by atoms with Gasteiger partial charge >= 0.3 is 5.97 Å². The monoisotopic (exact) mass is 174 g/mol. The fourth-order valence-corrected chi connectivity index (χ4v) is 1.04. The molecule has 4 heteroatoms. The van der Waals surface area contributed by atoms with E-state index in [0.29, 0.717) is 0 Å². The van der Waals surface area contributed by atoms with Gasteiger partial charge in [-0.25, -0.2) is 0 Å². The van der Waals surface area contributed by atoms with E-state index in [1.807, 2.05) is 0 Å². The molecule has 0 bridgehead atoms. The second-order valence-corrected chi connectivity index (χ2v) is 2.71. The maximum atomic E-state index is 10.8. The fraction of sp³-hybridized carbons (Fsp3) is 0.429. The number of carbonyl (C=O) groups excluding carboxylic acids is 2. The normalized spacial score (nSPS) is 29.1. The number of hydrogen-bond donors (Lipinski definition) is 0. The maximum Gasteiger partial charge on any atom is 0.303 e. The van der Waals surface area contributed by atoms with Crippen LogP contribution in [-0.2, 0) is 14.3 Å². The van der Waals surface area contributed by atoms with Crippen molar-refractivity contribution in [1.29, 1.82) is 0 Å². The molecule has 0 aromatic heterocycles. The molecule has 0 heterocycles. The van der Waals surface area contributed by atoms with Crippen LogP contribution >= 0.6 is 11.6 Å². The van der Waals surface area contributed by atoms with Crippen molar-refractivity contribution in [2.24, 2.45) is 0 Å². The van der Waals surface area contributed by atoms with Gasteiger partial charge in [0.2, 0.25) is 0 Å². The summed E-state index contributed by atoms with van der Waals surface area (Å²) < 4.78 is 4.72. The number of ether oxygens (including phenoxy) is 1. The summed E-state index contributed by atoms with van der Waals surface area (Å²) in [5, 5.41) is -0.737. The van der Waals surface area contributed by atoms with Crippen LogP contribution in [0.5, 0.6) is 0 Å². The minimum absolute atomic E-state index is 0.210. The van der Waals surface area contributed by atoms with Crippen molar-refractivity contribution < 1.29 is 14.3 Å². The lowest BCUT2D eigenvalue weighted by Gasteiger charge is -2.10. The minimum atomic E-state index is -0.737. The molecule has 0 fully saturated rings. The van der Waals surface area contributed by atoms with Gasteiger partial charge in [-0.1, -0.05) is 0 Å². The number of carbonyl (C=O) groups is 2. The predicted octanol–water partition coefficient (Wildman–Crippen LogP) is 0.664. The van der Waals surface area contributed by atoms with Crippen LogP contribution in [0.2, 0.25) is 0 Å². The lowest BCUT2D eigenvalue weighted by atomic mass is 10.3.